The van der Waals surface area contributed by atoms with E-state index in [-0.39, 0.29) is 5.78 Å². The van der Waals surface area contributed by atoms with E-state index in [0.29, 0.717) is 11.3 Å². The number of ketones is 1. The average molecular weight is 237 g/mol. The SMILES string of the molecule is Cc1ccoc1C(=O)c1cccc2cnccc12. The summed E-state index contributed by atoms with van der Waals surface area (Å²) in [5, 5.41) is 1.85. The first kappa shape index (κ1) is 10.7. The lowest BCUT2D eigenvalue weighted by molar-refractivity contribution is 0.101. The molecule has 88 valence electrons. The summed E-state index contributed by atoms with van der Waals surface area (Å²) < 4.78 is 5.26. The maximum atomic E-state index is 12.4. The van der Waals surface area contributed by atoms with Crippen LogP contribution in [0.2, 0.25) is 0 Å². The second kappa shape index (κ2) is 4.11. The summed E-state index contributed by atoms with van der Waals surface area (Å²) in [6.07, 6.45) is 4.98. The Balaban J connectivity index is 2.21. The Labute approximate surface area is 104 Å². The van der Waals surface area contributed by atoms with Crippen molar-refractivity contribution in [3.8, 4) is 0 Å². The molecule has 3 nitrogen and oxygen atoms in total. The fourth-order valence-corrected chi connectivity index (χ4v) is 2.05. The fourth-order valence-electron chi connectivity index (χ4n) is 2.05. The van der Waals surface area contributed by atoms with Crippen molar-refractivity contribution < 1.29 is 9.21 Å². The number of aryl methyl sites for hydroxylation is 1. The Morgan fingerprint density at radius 3 is 2.89 bits per heavy atom. The van der Waals surface area contributed by atoms with Crippen LogP contribution in [0.5, 0.6) is 0 Å². The lowest BCUT2D eigenvalue weighted by Crippen LogP contribution is -2.02. The number of nitrogens with zero attached hydrogens (tertiary/aromatic N) is 1. The predicted octanol–water partition coefficient (Wildman–Crippen LogP) is 3.37. The van der Waals surface area contributed by atoms with Crippen molar-refractivity contribution in [3.05, 3.63) is 65.9 Å². The van der Waals surface area contributed by atoms with E-state index in [0.717, 1.165) is 16.3 Å². The third kappa shape index (κ3) is 1.61. The second-order valence-corrected chi connectivity index (χ2v) is 4.16. The zero-order chi connectivity index (χ0) is 12.5. The quantitative estimate of drug-likeness (QED) is 0.642. The molecule has 0 unspecified atom stereocenters. The lowest BCUT2D eigenvalue weighted by Gasteiger charge is -2.04. The molecule has 0 atom stereocenters. The van der Waals surface area contributed by atoms with Gasteiger partial charge in [-0.2, -0.15) is 0 Å². The molecule has 0 saturated carbocycles. The largest absolute Gasteiger partial charge is 0.461 e. The molecule has 0 aliphatic rings. The highest BCUT2D eigenvalue weighted by atomic mass is 16.3. The van der Waals surface area contributed by atoms with E-state index in [1.54, 1.807) is 18.5 Å². The smallest absolute Gasteiger partial charge is 0.229 e. The average Bonchev–Trinajstić information content (AvgIpc) is 2.83. The Hall–Kier alpha value is -2.42. The summed E-state index contributed by atoms with van der Waals surface area (Å²) in [5.41, 5.74) is 1.50. The summed E-state index contributed by atoms with van der Waals surface area (Å²) in [5.74, 6) is 0.314. The molecule has 3 heteroatoms. The van der Waals surface area contributed by atoms with Crippen molar-refractivity contribution in [2.45, 2.75) is 6.92 Å². The molecule has 2 heterocycles. The van der Waals surface area contributed by atoms with Gasteiger partial charge in [-0.3, -0.25) is 9.78 Å². The molecular weight excluding hydrogens is 226 g/mol. The van der Waals surface area contributed by atoms with Gasteiger partial charge in [0.2, 0.25) is 5.78 Å². The minimum atomic E-state index is -0.0886. The Bertz CT molecular complexity index is 723. The molecule has 0 aliphatic carbocycles. The van der Waals surface area contributed by atoms with Crippen LogP contribution in [0.1, 0.15) is 21.7 Å². The molecule has 0 spiro atoms. The van der Waals surface area contributed by atoms with Crippen LogP contribution in [0.4, 0.5) is 0 Å². The third-order valence-corrected chi connectivity index (χ3v) is 2.99. The van der Waals surface area contributed by atoms with E-state index >= 15 is 0 Å². The maximum Gasteiger partial charge on any atom is 0.229 e. The van der Waals surface area contributed by atoms with Crippen LogP contribution in [0.25, 0.3) is 10.8 Å². The first-order chi connectivity index (χ1) is 8.77. The summed E-state index contributed by atoms with van der Waals surface area (Å²) in [7, 11) is 0. The molecule has 1 aromatic carbocycles. The molecule has 0 N–H and O–H groups in total. The minimum absolute atomic E-state index is 0.0886. The van der Waals surface area contributed by atoms with Crippen molar-refractivity contribution in [2.24, 2.45) is 0 Å². The first-order valence-electron chi connectivity index (χ1n) is 5.69. The van der Waals surface area contributed by atoms with Crippen LogP contribution in [-0.2, 0) is 0 Å². The number of benzene rings is 1. The van der Waals surface area contributed by atoms with Gasteiger partial charge in [-0.25, -0.2) is 0 Å². The number of carbonyl (C=O) groups is 1. The van der Waals surface area contributed by atoms with Gasteiger partial charge in [-0.15, -0.1) is 0 Å². The van der Waals surface area contributed by atoms with E-state index in [1.807, 2.05) is 31.2 Å². The van der Waals surface area contributed by atoms with E-state index in [1.165, 1.54) is 6.26 Å². The van der Waals surface area contributed by atoms with Gasteiger partial charge in [-0.05, 0) is 30.0 Å². The molecule has 0 amide bonds. The molecule has 0 aliphatic heterocycles. The van der Waals surface area contributed by atoms with Crippen LogP contribution in [0, 0.1) is 6.92 Å². The fraction of sp³-hybridized carbons (Fsp3) is 0.0667. The van der Waals surface area contributed by atoms with E-state index in [4.69, 9.17) is 4.42 Å². The third-order valence-electron chi connectivity index (χ3n) is 2.99. The molecule has 2 aromatic heterocycles. The standard InChI is InChI=1S/C15H11NO2/c1-10-6-8-18-15(10)14(17)13-4-2-3-11-9-16-7-5-12(11)13/h2-9H,1H3. The number of carbonyl (C=O) groups excluding carboxylic acids is 1. The molecule has 0 radical (unpaired) electrons. The second-order valence-electron chi connectivity index (χ2n) is 4.16. The lowest BCUT2D eigenvalue weighted by atomic mass is 10.0. The van der Waals surface area contributed by atoms with Gasteiger partial charge < -0.3 is 4.42 Å². The summed E-state index contributed by atoms with van der Waals surface area (Å²) in [6, 6.07) is 9.25. The Morgan fingerprint density at radius 2 is 2.11 bits per heavy atom. The van der Waals surface area contributed by atoms with Gasteiger partial charge in [0, 0.05) is 23.3 Å². The number of rotatable bonds is 2. The highest BCUT2D eigenvalue weighted by molar-refractivity contribution is 6.15. The van der Waals surface area contributed by atoms with Crippen molar-refractivity contribution in [2.75, 3.05) is 0 Å². The van der Waals surface area contributed by atoms with Crippen molar-refractivity contribution in [3.63, 3.8) is 0 Å². The number of aromatic nitrogens is 1. The van der Waals surface area contributed by atoms with Gasteiger partial charge in [0.15, 0.2) is 5.76 Å². The Kier molecular flexibility index (Phi) is 2.45. The van der Waals surface area contributed by atoms with Gasteiger partial charge in [0.25, 0.3) is 0 Å². The Morgan fingerprint density at radius 1 is 1.22 bits per heavy atom. The highest BCUT2D eigenvalue weighted by Crippen LogP contribution is 2.22. The summed E-state index contributed by atoms with van der Waals surface area (Å²) in [4.78, 5) is 16.5. The summed E-state index contributed by atoms with van der Waals surface area (Å²) >= 11 is 0. The van der Waals surface area contributed by atoms with Gasteiger partial charge in [0.1, 0.15) is 0 Å². The van der Waals surface area contributed by atoms with Gasteiger partial charge >= 0.3 is 0 Å². The highest BCUT2D eigenvalue weighted by Gasteiger charge is 2.17. The van der Waals surface area contributed by atoms with Crippen molar-refractivity contribution in [1.82, 2.24) is 4.98 Å². The first-order valence-corrected chi connectivity index (χ1v) is 5.69. The van der Waals surface area contributed by atoms with Crippen molar-refractivity contribution >= 4 is 16.6 Å². The number of hydrogen-bond donors (Lipinski definition) is 0. The van der Waals surface area contributed by atoms with Crippen LogP contribution in [0.15, 0.2) is 53.4 Å². The number of hydrogen-bond acceptors (Lipinski definition) is 3. The molecule has 0 saturated heterocycles. The number of fused-ring (bicyclic) bond motifs is 1. The topological polar surface area (TPSA) is 43.1 Å². The van der Waals surface area contributed by atoms with E-state index in [9.17, 15) is 4.79 Å². The zero-order valence-corrected chi connectivity index (χ0v) is 9.88. The maximum absolute atomic E-state index is 12.4. The molecule has 0 fully saturated rings. The molecule has 0 bridgehead atoms. The van der Waals surface area contributed by atoms with Gasteiger partial charge in [-0.1, -0.05) is 18.2 Å². The molecule has 18 heavy (non-hydrogen) atoms. The van der Waals surface area contributed by atoms with Crippen LogP contribution < -0.4 is 0 Å². The van der Waals surface area contributed by atoms with Crippen LogP contribution in [-0.4, -0.2) is 10.8 Å². The van der Waals surface area contributed by atoms with E-state index < -0.39 is 0 Å². The van der Waals surface area contributed by atoms with Crippen LogP contribution >= 0.6 is 0 Å². The monoisotopic (exact) mass is 237 g/mol. The normalized spacial score (nSPS) is 10.7. The zero-order valence-electron chi connectivity index (χ0n) is 9.88. The van der Waals surface area contributed by atoms with Crippen molar-refractivity contribution in [1.29, 1.82) is 0 Å². The minimum Gasteiger partial charge on any atom is -0.461 e. The molecule has 3 aromatic rings. The van der Waals surface area contributed by atoms with Gasteiger partial charge in [0.05, 0.1) is 6.26 Å². The predicted molar refractivity (Wildman–Crippen MR) is 68.6 cm³/mol. The molecular formula is C15H11NO2. The number of furan rings is 1. The molecule has 3 rings (SSSR count). The summed E-state index contributed by atoms with van der Waals surface area (Å²) in [6.45, 7) is 1.86. The number of pyridine rings is 1. The van der Waals surface area contributed by atoms with Crippen LogP contribution in [0.3, 0.4) is 0 Å². The van der Waals surface area contributed by atoms with E-state index in [2.05, 4.69) is 4.98 Å².